The Hall–Kier alpha value is -0.840. The van der Waals surface area contributed by atoms with Gasteiger partial charge >= 0.3 is 11.9 Å². The Morgan fingerprint density at radius 2 is 2.64 bits per heavy atom. The first kappa shape index (κ1) is 8.26. The first-order valence-electron chi connectivity index (χ1n) is 3.02. The zero-order chi connectivity index (χ0) is 8.27. The minimum Gasteiger partial charge on any atom is -0.459 e. The summed E-state index contributed by atoms with van der Waals surface area (Å²) in [6.07, 6.45) is 1.33. The molecule has 0 amide bonds. The van der Waals surface area contributed by atoms with E-state index < -0.39 is 5.97 Å². The number of nitrogens with zero attached hydrogens (tertiary/aromatic N) is 1. The summed E-state index contributed by atoms with van der Waals surface area (Å²) in [5.41, 5.74) is 0. The van der Waals surface area contributed by atoms with Crippen molar-refractivity contribution < 1.29 is 13.9 Å². The second kappa shape index (κ2) is 3.52. The number of hydrogen-bond acceptors (Lipinski definition) is 4. The molecule has 5 heteroatoms. The molecule has 0 atom stereocenters. The summed E-state index contributed by atoms with van der Waals surface area (Å²) in [5.74, 6) is -0.572. The van der Waals surface area contributed by atoms with Gasteiger partial charge in [-0.3, -0.25) is 0 Å². The summed E-state index contributed by atoms with van der Waals surface area (Å²) in [4.78, 5) is 14.6. The molecule has 11 heavy (non-hydrogen) atoms. The molecule has 0 bridgehead atoms. The van der Waals surface area contributed by atoms with Crippen molar-refractivity contribution in [3.05, 3.63) is 16.8 Å². The number of ether oxygens (including phenoxy) is 1. The quantitative estimate of drug-likeness (QED) is 0.710. The van der Waals surface area contributed by atoms with Gasteiger partial charge in [-0.2, -0.15) is 4.98 Å². The van der Waals surface area contributed by atoms with Gasteiger partial charge in [-0.1, -0.05) is 0 Å². The molecule has 4 nitrogen and oxygen atoms in total. The van der Waals surface area contributed by atoms with Crippen LogP contribution in [0.4, 0.5) is 0 Å². The summed E-state index contributed by atoms with van der Waals surface area (Å²) >= 11 is 3.04. The van der Waals surface area contributed by atoms with Gasteiger partial charge in [0, 0.05) is 0 Å². The van der Waals surface area contributed by atoms with Crippen LogP contribution in [-0.4, -0.2) is 17.6 Å². The maximum absolute atomic E-state index is 10.9. The third-order valence-electron chi connectivity index (χ3n) is 0.926. The Morgan fingerprint density at radius 3 is 3.09 bits per heavy atom. The van der Waals surface area contributed by atoms with Crippen LogP contribution in [0.25, 0.3) is 0 Å². The lowest BCUT2D eigenvalue weighted by atomic mass is 10.7. The average molecular weight is 220 g/mol. The van der Waals surface area contributed by atoms with Gasteiger partial charge in [0.25, 0.3) is 0 Å². The van der Waals surface area contributed by atoms with E-state index in [-0.39, 0.29) is 5.89 Å². The second-order valence-corrected chi connectivity index (χ2v) is 2.51. The maximum atomic E-state index is 10.9. The van der Waals surface area contributed by atoms with E-state index in [1.54, 1.807) is 6.92 Å². The molecule has 60 valence electrons. The van der Waals surface area contributed by atoms with Crippen molar-refractivity contribution in [2.45, 2.75) is 6.92 Å². The number of hydrogen-bond donors (Lipinski definition) is 0. The van der Waals surface area contributed by atoms with Crippen LogP contribution in [0.15, 0.2) is 15.3 Å². The van der Waals surface area contributed by atoms with Gasteiger partial charge in [-0.05, 0) is 22.9 Å². The summed E-state index contributed by atoms with van der Waals surface area (Å²) < 4.78 is 9.86. The number of esters is 1. The molecule has 0 N–H and O–H groups in total. The molecule has 0 fully saturated rings. The maximum Gasteiger partial charge on any atom is 0.394 e. The Balaban J connectivity index is 2.69. The number of carbonyl (C=O) groups is 1. The fourth-order valence-electron chi connectivity index (χ4n) is 0.541. The van der Waals surface area contributed by atoms with Crippen LogP contribution in [-0.2, 0) is 4.74 Å². The summed E-state index contributed by atoms with van der Waals surface area (Å²) in [6.45, 7) is 2.04. The van der Waals surface area contributed by atoms with Crippen LogP contribution in [0.1, 0.15) is 17.6 Å². The first-order chi connectivity index (χ1) is 5.24. The molecule has 1 heterocycles. The zero-order valence-corrected chi connectivity index (χ0v) is 7.42. The standard InChI is InChI=1S/C6H6BrNO3/c1-2-10-6(9)5-8-4(7)3-11-5/h3H,2H2,1H3. The molecule has 0 aromatic carbocycles. The predicted octanol–water partition coefficient (Wildman–Crippen LogP) is 1.61. The Labute approximate surface area is 71.7 Å². The summed E-state index contributed by atoms with van der Waals surface area (Å²) in [6, 6.07) is 0. The highest BCUT2D eigenvalue weighted by Crippen LogP contribution is 2.09. The van der Waals surface area contributed by atoms with E-state index in [0.717, 1.165) is 0 Å². The van der Waals surface area contributed by atoms with Crippen molar-refractivity contribution in [1.82, 2.24) is 4.98 Å². The van der Waals surface area contributed by atoms with Crippen molar-refractivity contribution in [1.29, 1.82) is 0 Å². The van der Waals surface area contributed by atoms with E-state index >= 15 is 0 Å². The third kappa shape index (κ3) is 2.04. The van der Waals surface area contributed by atoms with Gasteiger partial charge in [0.2, 0.25) is 0 Å². The smallest absolute Gasteiger partial charge is 0.394 e. The van der Waals surface area contributed by atoms with Crippen LogP contribution in [0.3, 0.4) is 0 Å². The highest BCUT2D eigenvalue weighted by Gasteiger charge is 2.12. The summed E-state index contributed by atoms with van der Waals surface area (Å²) in [5, 5.41) is 0. The number of aromatic nitrogens is 1. The Bertz CT molecular complexity index is 258. The molecule has 0 aliphatic heterocycles. The van der Waals surface area contributed by atoms with E-state index in [2.05, 4.69) is 25.7 Å². The fourth-order valence-corrected chi connectivity index (χ4v) is 0.795. The highest BCUT2D eigenvalue weighted by atomic mass is 79.9. The van der Waals surface area contributed by atoms with Crippen molar-refractivity contribution in [2.24, 2.45) is 0 Å². The Morgan fingerprint density at radius 1 is 1.91 bits per heavy atom. The SMILES string of the molecule is CCOC(=O)c1nc(Br)co1. The van der Waals surface area contributed by atoms with Gasteiger partial charge in [0.15, 0.2) is 0 Å². The van der Waals surface area contributed by atoms with E-state index in [9.17, 15) is 4.79 Å². The minimum atomic E-state index is -0.543. The lowest BCUT2D eigenvalue weighted by Crippen LogP contribution is -2.04. The molecular formula is C6H6BrNO3. The van der Waals surface area contributed by atoms with Crippen molar-refractivity contribution in [3.8, 4) is 0 Å². The first-order valence-corrected chi connectivity index (χ1v) is 3.81. The van der Waals surface area contributed by atoms with Gasteiger partial charge in [0.1, 0.15) is 10.9 Å². The molecule has 0 radical (unpaired) electrons. The number of oxazole rings is 1. The molecule has 0 spiro atoms. The van der Waals surface area contributed by atoms with Crippen molar-refractivity contribution >= 4 is 21.9 Å². The number of carbonyl (C=O) groups excluding carboxylic acids is 1. The molecule has 0 aliphatic rings. The largest absolute Gasteiger partial charge is 0.459 e. The number of halogens is 1. The van der Waals surface area contributed by atoms with Crippen molar-refractivity contribution in [2.75, 3.05) is 6.61 Å². The average Bonchev–Trinajstić information content (AvgIpc) is 2.36. The fraction of sp³-hybridized carbons (Fsp3) is 0.333. The van der Waals surface area contributed by atoms with Gasteiger partial charge in [0.05, 0.1) is 6.61 Å². The number of rotatable bonds is 2. The van der Waals surface area contributed by atoms with Crippen LogP contribution in [0.5, 0.6) is 0 Å². The molecular weight excluding hydrogens is 214 g/mol. The Kier molecular flexibility index (Phi) is 2.64. The molecule has 1 aromatic heterocycles. The van der Waals surface area contributed by atoms with Crippen molar-refractivity contribution in [3.63, 3.8) is 0 Å². The predicted molar refractivity (Wildman–Crippen MR) is 40.2 cm³/mol. The molecule has 0 aliphatic carbocycles. The normalized spacial score (nSPS) is 9.64. The van der Waals surface area contributed by atoms with Crippen LogP contribution < -0.4 is 0 Å². The van der Waals surface area contributed by atoms with Gasteiger partial charge in [-0.25, -0.2) is 4.79 Å². The molecule has 1 rings (SSSR count). The highest BCUT2D eigenvalue weighted by molar-refractivity contribution is 9.10. The molecule has 0 saturated heterocycles. The second-order valence-electron chi connectivity index (χ2n) is 1.70. The monoisotopic (exact) mass is 219 g/mol. The molecule has 0 saturated carbocycles. The van der Waals surface area contributed by atoms with Crippen LogP contribution in [0, 0.1) is 0 Å². The zero-order valence-electron chi connectivity index (χ0n) is 5.83. The van der Waals surface area contributed by atoms with Crippen LogP contribution in [0.2, 0.25) is 0 Å². The topological polar surface area (TPSA) is 52.3 Å². The minimum absolute atomic E-state index is 0.0290. The van der Waals surface area contributed by atoms with E-state index in [1.807, 2.05) is 0 Å². The van der Waals surface area contributed by atoms with Crippen LogP contribution >= 0.6 is 15.9 Å². The lowest BCUT2D eigenvalue weighted by molar-refractivity contribution is 0.0481. The summed E-state index contributed by atoms with van der Waals surface area (Å²) in [7, 11) is 0. The molecule has 1 aromatic rings. The van der Waals surface area contributed by atoms with E-state index in [4.69, 9.17) is 4.42 Å². The van der Waals surface area contributed by atoms with E-state index in [0.29, 0.717) is 11.2 Å². The third-order valence-corrected chi connectivity index (χ3v) is 1.29. The van der Waals surface area contributed by atoms with E-state index in [1.165, 1.54) is 6.26 Å². The molecule has 0 unspecified atom stereocenters. The van der Waals surface area contributed by atoms with Gasteiger partial charge in [-0.15, -0.1) is 0 Å². The van der Waals surface area contributed by atoms with Gasteiger partial charge < -0.3 is 9.15 Å². The lowest BCUT2D eigenvalue weighted by Gasteiger charge is -1.93.